The zero-order chi connectivity index (χ0) is 35.1. The van der Waals surface area contributed by atoms with Gasteiger partial charge < -0.3 is 20.1 Å². The lowest BCUT2D eigenvalue weighted by atomic mass is 10.0. The number of rotatable bonds is 6. The predicted octanol–water partition coefficient (Wildman–Crippen LogP) is 2.91. The number of piperidine rings is 1. The maximum atomic E-state index is 13.1. The van der Waals surface area contributed by atoms with Gasteiger partial charge in [0.2, 0.25) is 11.8 Å². The minimum Gasteiger partial charge on any atom is -0.357 e. The van der Waals surface area contributed by atoms with Gasteiger partial charge in [0.1, 0.15) is 17.7 Å². The average molecular weight is 686 g/mol. The highest BCUT2D eigenvalue weighted by atomic mass is 16.2. The van der Waals surface area contributed by atoms with E-state index in [1.165, 1.54) is 12.1 Å². The Kier molecular flexibility index (Phi) is 8.71. The number of nitrogens with one attached hydrogen (secondary N) is 3. The van der Waals surface area contributed by atoms with Crippen LogP contribution in [0.3, 0.4) is 0 Å². The van der Waals surface area contributed by atoms with E-state index in [0.29, 0.717) is 42.5 Å². The quantitative estimate of drug-likeness (QED) is 0.206. The molecule has 4 aliphatic rings. The van der Waals surface area contributed by atoms with Gasteiger partial charge in [-0.05, 0) is 68.8 Å². The molecule has 8 rings (SSSR count). The number of nitrogens with zero attached hydrogens (tertiary/aromatic N) is 6. The maximum Gasteiger partial charge on any atom is 0.258 e. The lowest BCUT2D eigenvalue weighted by Crippen LogP contribution is -2.52. The smallest absolute Gasteiger partial charge is 0.258 e. The minimum absolute atomic E-state index is 0.200. The van der Waals surface area contributed by atoms with Crippen LogP contribution in [0.4, 0.5) is 11.6 Å². The van der Waals surface area contributed by atoms with Crippen LogP contribution in [-0.2, 0) is 16.1 Å². The van der Waals surface area contributed by atoms with Crippen molar-refractivity contribution in [2.45, 2.75) is 44.3 Å². The molecule has 1 aromatic carbocycles. The highest BCUT2D eigenvalue weighted by molar-refractivity contribution is 6.06. The second-order valence-electron chi connectivity index (χ2n) is 13.7. The Morgan fingerprint density at radius 1 is 0.980 bits per heavy atom. The molecule has 0 radical (unpaired) electrons. The monoisotopic (exact) mass is 685 g/mol. The van der Waals surface area contributed by atoms with Gasteiger partial charge in [0.15, 0.2) is 0 Å². The number of H-pyrrole nitrogens is 1. The first-order valence-electron chi connectivity index (χ1n) is 17.5. The molecule has 2 unspecified atom stereocenters. The van der Waals surface area contributed by atoms with Gasteiger partial charge >= 0.3 is 0 Å². The van der Waals surface area contributed by atoms with Crippen molar-refractivity contribution in [2.75, 3.05) is 56.5 Å². The number of amides is 4. The van der Waals surface area contributed by atoms with Gasteiger partial charge in [-0.1, -0.05) is 17.9 Å². The summed E-state index contributed by atoms with van der Waals surface area (Å²) in [4.78, 5) is 71.1. The summed E-state index contributed by atoms with van der Waals surface area (Å²) in [6, 6.07) is 12.9. The van der Waals surface area contributed by atoms with Crippen molar-refractivity contribution in [2.24, 2.45) is 0 Å². The molecule has 0 spiro atoms. The molecule has 3 fully saturated rings. The van der Waals surface area contributed by atoms with Crippen molar-refractivity contribution in [3.63, 3.8) is 0 Å². The molecule has 13 heteroatoms. The summed E-state index contributed by atoms with van der Waals surface area (Å²) < 4.78 is 0. The number of hydrogen-bond acceptors (Lipinski definition) is 9. The molecule has 7 heterocycles. The number of carbonyl (C=O) groups excluding carboxylic acids is 4. The van der Waals surface area contributed by atoms with Crippen molar-refractivity contribution in [3.05, 3.63) is 82.8 Å². The summed E-state index contributed by atoms with van der Waals surface area (Å²) in [7, 11) is 2.15. The van der Waals surface area contributed by atoms with E-state index in [2.05, 4.69) is 65.2 Å². The van der Waals surface area contributed by atoms with E-state index in [-0.39, 0.29) is 24.1 Å². The summed E-state index contributed by atoms with van der Waals surface area (Å²) >= 11 is 0. The molecule has 0 saturated carbocycles. The number of imide groups is 1. The number of aromatic amines is 1. The van der Waals surface area contributed by atoms with Crippen molar-refractivity contribution in [1.82, 2.24) is 35.0 Å². The lowest BCUT2D eigenvalue weighted by Gasteiger charge is -2.34. The molecule has 2 atom stereocenters. The maximum absolute atomic E-state index is 13.1. The molecule has 0 bridgehead atoms. The molecular weight excluding hydrogens is 646 g/mol. The number of fused-ring (bicyclic) bond motifs is 2. The van der Waals surface area contributed by atoms with Crippen LogP contribution in [-0.4, -0.2) is 106 Å². The minimum atomic E-state index is -0.650. The van der Waals surface area contributed by atoms with E-state index in [9.17, 15) is 19.2 Å². The number of anilines is 2. The molecule has 260 valence electrons. The zero-order valence-corrected chi connectivity index (χ0v) is 28.4. The fraction of sp³-hybridized carbons (Fsp3) is 0.368. The van der Waals surface area contributed by atoms with Gasteiger partial charge in [-0.15, -0.1) is 0 Å². The molecule has 0 aliphatic carbocycles. The Balaban J connectivity index is 0.836. The number of pyridine rings is 2. The highest BCUT2D eigenvalue weighted by Gasteiger charge is 2.39. The van der Waals surface area contributed by atoms with Gasteiger partial charge in [-0.2, -0.15) is 0 Å². The topological polar surface area (TPSA) is 147 Å². The fourth-order valence-corrected chi connectivity index (χ4v) is 7.58. The molecular formula is C38H39N9O4. The van der Waals surface area contributed by atoms with E-state index >= 15 is 0 Å². The molecule has 3 aromatic heterocycles. The molecule has 4 amide bonds. The third kappa shape index (κ3) is 6.56. The van der Waals surface area contributed by atoms with Gasteiger partial charge in [0.25, 0.3) is 11.8 Å². The van der Waals surface area contributed by atoms with Crippen LogP contribution in [0.25, 0.3) is 10.9 Å². The first-order valence-corrected chi connectivity index (χ1v) is 17.5. The summed E-state index contributed by atoms with van der Waals surface area (Å²) in [6.07, 6.45) is 6.27. The summed E-state index contributed by atoms with van der Waals surface area (Å²) in [6.45, 7) is 5.13. The zero-order valence-electron chi connectivity index (χ0n) is 28.4. The third-order valence-corrected chi connectivity index (χ3v) is 10.5. The van der Waals surface area contributed by atoms with E-state index in [0.717, 1.165) is 67.0 Å². The first-order chi connectivity index (χ1) is 24.8. The Bertz CT molecular complexity index is 2090. The number of aromatic nitrogens is 3. The fourth-order valence-electron chi connectivity index (χ4n) is 7.58. The summed E-state index contributed by atoms with van der Waals surface area (Å²) in [5.41, 5.74) is 4.76. The number of benzene rings is 1. The van der Waals surface area contributed by atoms with E-state index in [1.54, 1.807) is 29.4 Å². The van der Waals surface area contributed by atoms with Crippen LogP contribution in [0.15, 0.2) is 54.9 Å². The van der Waals surface area contributed by atoms with Gasteiger partial charge in [-0.25, -0.2) is 9.97 Å². The van der Waals surface area contributed by atoms with Crippen LogP contribution < -0.4 is 15.5 Å². The SMILES string of the molecule is CN1CCCC1c1cc2cnc(NC(=O)c3ccc(N4CCN(CC#Cc5cccc6c5CN(C5CCC(=O)NC5=O)C6=O)CC4)nc3)cc2[nH]1. The van der Waals surface area contributed by atoms with Crippen molar-refractivity contribution >= 4 is 46.2 Å². The molecule has 51 heavy (non-hydrogen) atoms. The Morgan fingerprint density at radius 3 is 2.61 bits per heavy atom. The Hall–Kier alpha value is -5.58. The third-order valence-electron chi connectivity index (χ3n) is 10.5. The number of piperazine rings is 1. The van der Waals surface area contributed by atoms with Crippen molar-refractivity contribution in [1.29, 1.82) is 0 Å². The number of carbonyl (C=O) groups is 4. The van der Waals surface area contributed by atoms with Crippen LogP contribution in [0, 0.1) is 11.8 Å². The van der Waals surface area contributed by atoms with Gasteiger partial charge in [0.05, 0.1) is 17.6 Å². The molecule has 4 aliphatic heterocycles. The molecule has 3 saturated heterocycles. The lowest BCUT2D eigenvalue weighted by molar-refractivity contribution is -0.136. The largest absolute Gasteiger partial charge is 0.357 e. The first kappa shape index (κ1) is 32.6. The van der Waals surface area contributed by atoms with E-state index in [4.69, 9.17) is 0 Å². The predicted molar refractivity (Wildman–Crippen MR) is 191 cm³/mol. The van der Waals surface area contributed by atoms with Crippen LogP contribution in [0.5, 0.6) is 0 Å². The summed E-state index contributed by atoms with van der Waals surface area (Å²) in [5, 5.41) is 6.28. The number of hydrogen-bond donors (Lipinski definition) is 3. The molecule has 4 aromatic rings. The van der Waals surface area contributed by atoms with E-state index < -0.39 is 11.9 Å². The number of likely N-dealkylation sites (tertiary alicyclic amines) is 1. The molecule has 13 nitrogen and oxygen atoms in total. The Morgan fingerprint density at radius 2 is 1.84 bits per heavy atom. The second kappa shape index (κ2) is 13.6. The Labute approximate surface area is 295 Å². The molecule has 3 N–H and O–H groups in total. The van der Waals surface area contributed by atoms with Crippen molar-refractivity contribution < 1.29 is 19.2 Å². The van der Waals surface area contributed by atoms with Crippen LogP contribution in [0.2, 0.25) is 0 Å². The highest BCUT2D eigenvalue weighted by Crippen LogP contribution is 2.32. The average Bonchev–Trinajstić information content (AvgIpc) is 3.85. The van der Waals surface area contributed by atoms with Crippen LogP contribution >= 0.6 is 0 Å². The van der Waals surface area contributed by atoms with E-state index in [1.807, 2.05) is 24.3 Å². The summed E-state index contributed by atoms with van der Waals surface area (Å²) in [5.74, 6) is 6.66. The second-order valence-corrected chi connectivity index (χ2v) is 13.7. The van der Waals surface area contributed by atoms with Gasteiger partial charge in [-0.3, -0.25) is 34.3 Å². The van der Waals surface area contributed by atoms with Gasteiger partial charge in [0, 0.05) is 85.9 Å². The van der Waals surface area contributed by atoms with Crippen LogP contribution in [0.1, 0.15) is 69.3 Å². The normalized spacial score (nSPS) is 21.1. The standard InChI is InChI=1S/C38H39N9O4/c1-44-13-4-8-31(44)30-19-26-22-39-33(20-29(26)41-30)42-36(49)25-9-11-34(40-21-25)46-17-15-45(16-18-46)14-3-6-24-5-2-7-27-28(24)23-47(38(27)51)32-10-12-35(48)43-37(32)50/h2,5,7,9,11,19-22,31-32,41H,4,8,10,12-18,23H2,1H3,(H,39,42,49)(H,43,48,50). The van der Waals surface area contributed by atoms with Crippen molar-refractivity contribution in [3.8, 4) is 11.8 Å².